The molecule has 1 heterocycles. The Labute approximate surface area is 112 Å². The van der Waals surface area contributed by atoms with Gasteiger partial charge in [0.1, 0.15) is 11.6 Å². The molecule has 1 aromatic carbocycles. The van der Waals surface area contributed by atoms with Gasteiger partial charge in [-0.15, -0.1) is 0 Å². The van der Waals surface area contributed by atoms with E-state index in [-0.39, 0.29) is 17.2 Å². The van der Waals surface area contributed by atoms with E-state index in [1.54, 1.807) is 4.90 Å². The van der Waals surface area contributed by atoms with Gasteiger partial charge in [0.2, 0.25) is 0 Å². The number of aromatic hydroxyl groups is 1. The number of nitrogens with zero attached hydrogens (tertiary/aromatic N) is 2. The Bertz CT molecular complexity index is 477. The summed E-state index contributed by atoms with van der Waals surface area (Å²) in [5.74, 6) is -1.07. The number of hydrogen-bond donors (Lipinski definition) is 1. The molecule has 1 aliphatic rings. The lowest BCUT2D eigenvalue weighted by Gasteiger charge is -2.36. The molecule has 2 rings (SSSR count). The summed E-state index contributed by atoms with van der Waals surface area (Å²) in [6.07, 6.45) is 2.00. The van der Waals surface area contributed by atoms with Crippen LogP contribution in [0.2, 0.25) is 0 Å². The number of phenolic OH excluding ortho intramolecular Hbond substituents is 1. The SMILES string of the molecule is CN(C)C1CCCN(C(=O)c2ccc(F)cc2O)C1. The predicted octanol–water partition coefficient (Wildman–Crippen LogP) is 1.70. The lowest BCUT2D eigenvalue weighted by molar-refractivity contribution is 0.0632. The van der Waals surface area contributed by atoms with E-state index >= 15 is 0 Å². The van der Waals surface area contributed by atoms with Crippen LogP contribution in [0.1, 0.15) is 23.2 Å². The second-order valence-corrected chi connectivity index (χ2v) is 5.17. The van der Waals surface area contributed by atoms with Crippen LogP contribution < -0.4 is 0 Å². The molecule has 0 bridgehead atoms. The van der Waals surface area contributed by atoms with E-state index in [4.69, 9.17) is 0 Å². The second kappa shape index (κ2) is 5.57. The maximum atomic E-state index is 12.9. The summed E-state index contributed by atoms with van der Waals surface area (Å²) in [6, 6.07) is 3.84. The molecule has 5 heteroatoms. The van der Waals surface area contributed by atoms with E-state index in [9.17, 15) is 14.3 Å². The molecule has 1 atom stereocenters. The van der Waals surface area contributed by atoms with Crippen molar-refractivity contribution in [2.75, 3.05) is 27.2 Å². The summed E-state index contributed by atoms with van der Waals surface area (Å²) >= 11 is 0. The van der Waals surface area contributed by atoms with Crippen molar-refractivity contribution in [3.05, 3.63) is 29.6 Å². The molecule has 1 unspecified atom stereocenters. The highest BCUT2D eigenvalue weighted by atomic mass is 19.1. The van der Waals surface area contributed by atoms with Crippen LogP contribution in [0.5, 0.6) is 5.75 Å². The zero-order valence-electron chi connectivity index (χ0n) is 11.3. The smallest absolute Gasteiger partial charge is 0.257 e. The number of hydrogen-bond acceptors (Lipinski definition) is 3. The Morgan fingerprint density at radius 2 is 2.21 bits per heavy atom. The van der Waals surface area contributed by atoms with Crippen molar-refractivity contribution in [2.45, 2.75) is 18.9 Å². The number of benzene rings is 1. The molecular formula is C14H19FN2O2. The van der Waals surface area contributed by atoms with Crippen molar-refractivity contribution >= 4 is 5.91 Å². The molecule has 0 radical (unpaired) electrons. The van der Waals surface area contributed by atoms with Gasteiger partial charge < -0.3 is 14.9 Å². The van der Waals surface area contributed by atoms with E-state index in [1.165, 1.54) is 12.1 Å². The topological polar surface area (TPSA) is 43.8 Å². The maximum absolute atomic E-state index is 12.9. The van der Waals surface area contributed by atoms with Crippen molar-refractivity contribution in [3.63, 3.8) is 0 Å². The number of amides is 1. The van der Waals surface area contributed by atoms with Crippen molar-refractivity contribution in [2.24, 2.45) is 0 Å². The average molecular weight is 266 g/mol. The number of halogens is 1. The van der Waals surface area contributed by atoms with Crippen LogP contribution in [0.25, 0.3) is 0 Å². The first-order valence-corrected chi connectivity index (χ1v) is 6.43. The van der Waals surface area contributed by atoms with Crippen molar-refractivity contribution in [1.82, 2.24) is 9.80 Å². The molecule has 0 aromatic heterocycles. The number of carbonyl (C=O) groups excluding carboxylic acids is 1. The van der Waals surface area contributed by atoms with Gasteiger partial charge in [-0.3, -0.25) is 4.79 Å². The van der Waals surface area contributed by atoms with E-state index in [0.717, 1.165) is 18.9 Å². The van der Waals surface area contributed by atoms with E-state index in [2.05, 4.69) is 4.90 Å². The van der Waals surface area contributed by atoms with E-state index in [0.29, 0.717) is 19.1 Å². The third-order valence-corrected chi connectivity index (χ3v) is 3.60. The number of phenols is 1. The van der Waals surface area contributed by atoms with Crippen LogP contribution in [-0.2, 0) is 0 Å². The molecule has 0 saturated carbocycles. The Morgan fingerprint density at radius 1 is 1.47 bits per heavy atom. The molecule has 1 aromatic rings. The van der Waals surface area contributed by atoms with Crippen LogP contribution in [0.4, 0.5) is 4.39 Å². The minimum atomic E-state index is -0.543. The zero-order chi connectivity index (χ0) is 14.0. The lowest BCUT2D eigenvalue weighted by atomic mass is 10.0. The highest BCUT2D eigenvalue weighted by Gasteiger charge is 2.26. The first-order valence-electron chi connectivity index (χ1n) is 6.43. The summed E-state index contributed by atoms with van der Waals surface area (Å²) in [7, 11) is 3.99. The monoisotopic (exact) mass is 266 g/mol. The summed E-state index contributed by atoms with van der Waals surface area (Å²) in [4.78, 5) is 16.1. The number of piperidine rings is 1. The van der Waals surface area contributed by atoms with Gasteiger partial charge in [-0.2, -0.15) is 0 Å². The van der Waals surface area contributed by atoms with Crippen LogP contribution in [0, 0.1) is 5.82 Å². The van der Waals surface area contributed by atoms with Gasteiger partial charge in [0.15, 0.2) is 0 Å². The summed E-state index contributed by atoms with van der Waals surface area (Å²) in [5, 5.41) is 9.67. The van der Waals surface area contributed by atoms with Crippen molar-refractivity contribution in [1.29, 1.82) is 0 Å². The fourth-order valence-corrected chi connectivity index (χ4v) is 2.42. The van der Waals surface area contributed by atoms with Crippen molar-refractivity contribution in [3.8, 4) is 5.75 Å². The summed E-state index contributed by atoms with van der Waals surface area (Å²) < 4.78 is 12.9. The summed E-state index contributed by atoms with van der Waals surface area (Å²) in [6.45, 7) is 1.32. The molecule has 19 heavy (non-hydrogen) atoms. The fraction of sp³-hybridized carbons (Fsp3) is 0.500. The number of rotatable bonds is 2. The van der Waals surface area contributed by atoms with E-state index < -0.39 is 5.82 Å². The Hall–Kier alpha value is -1.62. The van der Waals surface area contributed by atoms with Gasteiger partial charge in [0.05, 0.1) is 5.56 Å². The van der Waals surface area contributed by atoms with Crippen LogP contribution in [0.15, 0.2) is 18.2 Å². The number of carbonyl (C=O) groups is 1. The molecule has 1 aliphatic heterocycles. The first kappa shape index (κ1) is 13.8. The third-order valence-electron chi connectivity index (χ3n) is 3.60. The second-order valence-electron chi connectivity index (χ2n) is 5.17. The van der Waals surface area contributed by atoms with Gasteiger partial charge in [0, 0.05) is 25.2 Å². The van der Waals surface area contributed by atoms with Gasteiger partial charge >= 0.3 is 0 Å². The molecule has 0 spiro atoms. The number of likely N-dealkylation sites (tertiary alicyclic amines) is 1. The molecule has 1 fully saturated rings. The molecule has 4 nitrogen and oxygen atoms in total. The molecule has 104 valence electrons. The zero-order valence-corrected chi connectivity index (χ0v) is 11.3. The minimum absolute atomic E-state index is 0.167. The minimum Gasteiger partial charge on any atom is -0.507 e. The Morgan fingerprint density at radius 3 is 2.84 bits per heavy atom. The van der Waals surface area contributed by atoms with Crippen LogP contribution >= 0.6 is 0 Å². The first-order chi connectivity index (χ1) is 8.99. The van der Waals surface area contributed by atoms with Gasteiger partial charge in [-0.05, 0) is 39.1 Å². The van der Waals surface area contributed by atoms with Gasteiger partial charge in [-0.25, -0.2) is 4.39 Å². The molecule has 0 aliphatic carbocycles. The van der Waals surface area contributed by atoms with Gasteiger partial charge in [0.25, 0.3) is 5.91 Å². The Balaban J connectivity index is 2.15. The molecule has 1 N–H and O–H groups in total. The normalized spacial score (nSPS) is 19.8. The molecule has 1 amide bonds. The Kier molecular flexibility index (Phi) is 4.04. The highest BCUT2D eigenvalue weighted by Crippen LogP contribution is 2.22. The predicted molar refractivity (Wildman–Crippen MR) is 70.7 cm³/mol. The van der Waals surface area contributed by atoms with Crippen LogP contribution in [0.3, 0.4) is 0 Å². The summed E-state index contributed by atoms with van der Waals surface area (Å²) in [5.41, 5.74) is 0.167. The maximum Gasteiger partial charge on any atom is 0.257 e. The van der Waals surface area contributed by atoms with Crippen molar-refractivity contribution < 1.29 is 14.3 Å². The molecule has 1 saturated heterocycles. The average Bonchev–Trinajstić information content (AvgIpc) is 2.38. The fourth-order valence-electron chi connectivity index (χ4n) is 2.42. The highest BCUT2D eigenvalue weighted by molar-refractivity contribution is 5.96. The standard InChI is InChI=1S/C14H19FN2O2/c1-16(2)11-4-3-7-17(9-11)14(19)12-6-5-10(15)8-13(12)18/h5-6,8,11,18H,3-4,7,9H2,1-2H3. The lowest BCUT2D eigenvalue weighted by Crippen LogP contribution is -2.47. The van der Waals surface area contributed by atoms with Gasteiger partial charge in [-0.1, -0.05) is 0 Å². The number of likely N-dealkylation sites (N-methyl/N-ethyl adjacent to an activating group) is 1. The largest absolute Gasteiger partial charge is 0.507 e. The third kappa shape index (κ3) is 3.04. The quantitative estimate of drug-likeness (QED) is 0.886. The molecular weight excluding hydrogens is 247 g/mol. The van der Waals surface area contributed by atoms with E-state index in [1.807, 2.05) is 14.1 Å². The van der Waals surface area contributed by atoms with Crippen LogP contribution in [-0.4, -0.2) is 54.0 Å².